The van der Waals surface area contributed by atoms with E-state index >= 15 is 0 Å². The summed E-state index contributed by atoms with van der Waals surface area (Å²) in [5.41, 5.74) is 1.91. The molecule has 2 amide bonds. The molecule has 1 aliphatic heterocycles. The van der Waals surface area contributed by atoms with Crippen molar-refractivity contribution in [1.82, 2.24) is 5.32 Å². The SMILES string of the molecule is CCOC(=O)NCCC(=O)Nc1ccccc1N1CCCCCC1. The second-order valence-electron chi connectivity index (χ2n) is 5.86. The molecule has 0 atom stereocenters. The lowest BCUT2D eigenvalue weighted by atomic mass is 10.2. The summed E-state index contributed by atoms with van der Waals surface area (Å²) < 4.78 is 4.76. The molecule has 6 nitrogen and oxygen atoms in total. The van der Waals surface area contributed by atoms with Gasteiger partial charge >= 0.3 is 6.09 Å². The van der Waals surface area contributed by atoms with Gasteiger partial charge in [0.15, 0.2) is 0 Å². The molecule has 0 unspecified atom stereocenters. The molecule has 0 bridgehead atoms. The minimum absolute atomic E-state index is 0.117. The summed E-state index contributed by atoms with van der Waals surface area (Å²) in [6.45, 7) is 4.37. The molecular formula is C18H27N3O3. The zero-order valence-electron chi connectivity index (χ0n) is 14.3. The van der Waals surface area contributed by atoms with Crippen LogP contribution in [0.25, 0.3) is 0 Å². The summed E-state index contributed by atoms with van der Waals surface area (Å²) in [6.07, 6.45) is 4.63. The van der Waals surface area contributed by atoms with Crippen LogP contribution < -0.4 is 15.5 Å². The van der Waals surface area contributed by atoms with Gasteiger partial charge in [-0.25, -0.2) is 4.79 Å². The van der Waals surface area contributed by atoms with E-state index in [1.165, 1.54) is 25.7 Å². The summed E-state index contributed by atoms with van der Waals surface area (Å²) in [7, 11) is 0. The number of nitrogens with zero attached hydrogens (tertiary/aromatic N) is 1. The Morgan fingerprint density at radius 2 is 1.83 bits per heavy atom. The standard InChI is InChI=1S/C18H27N3O3/c1-2-24-18(23)19-12-11-17(22)20-15-9-5-6-10-16(15)21-13-7-3-4-8-14-21/h5-6,9-10H,2-4,7-8,11-14H2,1H3,(H,19,23)(H,20,22). The highest BCUT2D eigenvalue weighted by Gasteiger charge is 2.14. The van der Waals surface area contributed by atoms with Crippen LogP contribution in [0.2, 0.25) is 0 Å². The van der Waals surface area contributed by atoms with Gasteiger partial charge in [0, 0.05) is 26.1 Å². The Morgan fingerprint density at radius 3 is 2.54 bits per heavy atom. The second kappa shape index (κ2) is 9.80. The van der Waals surface area contributed by atoms with Crippen LogP contribution in [0.1, 0.15) is 39.0 Å². The molecule has 1 saturated heterocycles. The van der Waals surface area contributed by atoms with Gasteiger partial charge in [-0.2, -0.15) is 0 Å². The maximum absolute atomic E-state index is 12.1. The van der Waals surface area contributed by atoms with Gasteiger partial charge in [-0.05, 0) is 31.9 Å². The number of ether oxygens (including phenoxy) is 1. The number of hydrogen-bond acceptors (Lipinski definition) is 4. The molecule has 6 heteroatoms. The zero-order chi connectivity index (χ0) is 17.2. The van der Waals surface area contributed by atoms with E-state index in [4.69, 9.17) is 4.74 Å². The fraction of sp³-hybridized carbons (Fsp3) is 0.556. The second-order valence-corrected chi connectivity index (χ2v) is 5.86. The van der Waals surface area contributed by atoms with Crippen molar-refractivity contribution in [3.8, 4) is 0 Å². The number of carbonyl (C=O) groups is 2. The molecule has 24 heavy (non-hydrogen) atoms. The van der Waals surface area contributed by atoms with Gasteiger partial charge in [-0.3, -0.25) is 4.79 Å². The average molecular weight is 333 g/mol. The van der Waals surface area contributed by atoms with E-state index in [2.05, 4.69) is 21.6 Å². The third-order valence-electron chi connectivity index (χ3n) is 4.02. The summed E-state index contributed by atoms with van der Waals surface area (Å²) >= 11 is 0. The summed E-state index contributed by atoms with van der Waals surface area (Å²) in [5, 5.41) is 5.52. The van der Waals surface area contributed by atoms with Gasteiger partial charge in [-0.1, -0.05) is 25.0 Å². The van der Waals surface area contributed by atoms with E-state index in [0.717, 1.165) is 24.5 Å². The van der Waals surface area contributed by atoms with Crippen molar-refractivity contribution in [2.75, 3.05) is 36.5 Å². The van der Waals surface area contributed by atoms with Crippen LogP contribution in [-0.2, 0) is 9.53 Å². The highest BCUT2D eigenvalue weighted by Crippen LogP contribution is 2.27. The van der Waals surface area contributed by atoms with E-state index in [9.17, 15) is 9.59 Å². The number of hydrogen-bond donors (Lipinski definition) is 2. The number of benzene rings is 1. The van der Waals surface area contributed by atoms with Crippen LogP contribution in [0.15, 0.2) is 24.3 Å². The summed E-state index contributed by atoms with van der Waals surface area (Å²) in [6, 6.07) is 7.90. The van der Waals surface area contributed by atoms with Crippen LogP contribution in [0.4, 0.5) is 16.2 Å². The third-order valence-corrected chi connectivity index (χ3v) is 4.02. The number of para-hydroxylation sites is 2. The molecule has 1 aromatic carbocycles. The van der Waals surface area contributed by atoms with Crippen LogP contribution >= 0.6 is 0 Å². The molecule has 2 rings (SSSR count). The predicted octanol–water partition coefficient (Wildman–Crippen LogP) is 3.14. The highest BCUT2D eigenvalue weighted by molar-refractivity contribution is 5.94. The van der Waals surface area contributed by atoms with Crippen molar-refractivity contribution in [3.63, 3.8) is 0 Å². The Hall–Kier alpha value is -2.24. The molecule has 0 aromatic heterocycles. The minimum Gasteiger partial charge on any atom is -0.450 e. The fourth-order valence-corrected chi connectivity index (χ4v) is 2.84. The van der Waals surface area contributed by atoms with Crippen molar-refractivity contribution in [2.45, 2.75) is 39.0 Å². The lowest BCUT2D eigenvalue weighted by Gasteiger charge is -2.25. The Bertz CT molecular complexity index is 540. The summed E-state index contributed by atoms with van der Waals surface area (Å²) in [5.74, 6) is -0.117. The van der Waals surface area contributed by atoms with Gasteiger partial charge in [0.1, 0.15) is 0 Å². The van der Waals surface area contributed by atoms with Gasteiger partial charge in [0.25, 0.3) is 0 Å². The first-order valence-electron chi connectivity index (χ1n) is 8.75. The highest BCUT2D eigenvalue weighted by atomic mass is 16.5. The normalized spacial score (nSPS) is 14.6. The van der Waals surface area contributed by atoms with Gasteiger partial charge in [-0.15, -0.1) is 0 Å². The molecule has 2 N–H and O–H groups in total. The van der Waals surface area contributed by atoms with Crippen molar-refractivity contribution in [3.05, 3.63) is 24.3 Å². The van der Waals surface area contributed by atoms with E-state index < -0.39 is 6.09 Å². The number of rotatable bonds is 6. The molecule has 0 saturated carbocycles. The van der Waals surface area contributed by atoms with Crippen molar-refractivity contribution < 1.29 is 14.3 Å². The van der Waals surface area contributed by atoms with Crippen LogP contribution in [0.5, 0.6) is 0 Å². The van der Waals surface area contributed by atoms with Crippen LogP contribution in [0, 0.1) is 0 Å². The molecule has 1 heterocycles. The Morgan fingerprint density at radius 1 is 1.12 bits per heavy atom. The van der Waals surface area contributed by atoms with Crippen molar-refractivity contribution in [2.24, 2.45) is 0 Å². The van der Waals surface area contributed by atoms with Gasteiger partial charge in [0.2, 0.25) is 5.91 Å². The molecule has 1 aromatic rings. The van der Waals surface area contributed by atoms with Gasteiger partial charge < -0.3 is 20.3 Å². The number of nitrogens with one attached hydrogen (secondary N) is 2. The fourth-order valence-electron chi connectivity index (χ4n) is 2.84. The number of anilines is 2. The first-order valence-corrected chi connectivity index (χ1v) is 8.75. The summed E-state index contributed by atoms with van der Waals surface area (Å²) in [4.78, 5) is 25.7. The predicted molar refractivity (Wildman–Crippen MR) is 95.4 cm³/mol. The quantitative estimate of drug-likeness (QED) is 0.839. The molecule has 132 valence electrons. The molecular weight excluding hydrogens is 306 g/mol. The van der Waals surface area contributed by atoms with E-state index in [1.807, 2.05) is 18.2 Å². The number of amides is 2. The largest absolute Gasteiger partial charge is 0.450 e. The minimum atomic E-state index is -0.490. The lowest BCUT2D eigenvalue weighted by Crippen LogP contribution is -2.29. The molecule has 1 fully saturated rings. The van der Waals surface area contributed by atoms with E-state index in [-0.39, 0.29) is 18.9 Å². The average Bonchev–Trinajstić information content (AvgIpc) is 2.85. The number of carbonyl (C=O) groups excluding carboxylic acids is 2. The molecule has 0 radical (unpaired) electrons. The Labute approximate surface area is 143 Å². The Kier molecular flexibility index (Phi) is 7.39. The van der Waals surface area contributed by atoms with Crippen LogP contribution in [-0.4, -0.2) is 38.2 Å². The van der Waals surface area contributed by atoms with Gasteiger partial charge in [0.05, 0.1) is 18.0 Å². The molecule has 0 spiro atoms. The van der Waals surface area contributed by atoms with E-state index in [1.54, 1.807) is 6.92 Å². The van der Waals surface area contributed by atoms with E-state index in [0.29, 0.717) is 6.61 Å². The first-order chi connectivity index (χ1) is 11.7. The monoisotopic (exact) mass is 333 g/mol. The van der Waals surface area contributed by atoms with Crippen molar-refractivity contribution in [1.29, 1.82) is 0 Å². The topological polar surface area (TPSA) is 70.7 Å². The Balaban J connectivity index is 1.89. The maximum atomic E-state index is 12.1. The molecule has 1 aliphatic rings. The maximum Gasteiger partial charge on any atom is 0.407 e. The zero-order valence-corrected chi connectivity index (χ0v) is 14.3. The molecule has 0 aliphatic carbocycles. The lowest BCUT2D eigenvalue weighted by molar-refractivity contribution is -0.116. The third kappa shape index (κ3) is 5.76. The smallest absolute Gasteiger partial charge is 0.407 e. The van der Waals surface area contributed by atoms with Crippen LogP contribution in [0.3, 0.4) is 0 Å². The van der Waals surface area contributed by atoms with Crippen molar-refractivity contribution >= 4 is 23.4 Å². The first kappa shape index (κ1) is 18.1. The number of alkyl carbamates (subject to hydrolysis) is 1.